The number of rotatable bonds is 2. The number of halogens is 2. The van der Waals surface area contributed by atoms with Gasteiger partial charge in [0.1, 0.15) is 17.6 Å². The Morgan fingerprint density at radius 2 is 1.95 bits per heavy atom. The Kier molecular flexibility index (Phi) is 3.98. The van der Waals surface area contributed by atoms with Crippen LogP contribution in [0.2, 0.25) is 10.0 Å². The first-order valence-corrected chi connectivity index (χ1v) is 7.39. The molecule has 0 saturated heterocycles. The molecule has 21 heavy (non-hydrogen) atoms. The molecule has 0 spiro atoms. The molecular formula is C16H15Cl2NO2. The van der Waals surface area contributed by atoms with Crippen LogP contribution in [0.15, 0.2) is 36.4 Å². The third-order valence-electron chi connectivity index (χ3n) is 3.67. The number of hydrogen-bond acceptors (Lipinski definition) is 3. The van der Waals surface area contributed by atoms with Crippen molar-refractivity contribution in [2.45, 2.75) is 18.6 Å². The summed E-state index contributed by atoms with van der Waals surface area (Å²) in [5.74, 6) is 1.56. The highest BCUT2D eigenvalue weighted by molar-refractivity contribution is 6.42. The van der Waals surface area contributed by atoms with Gasteiger partial charge in [-0.2, -0.15) is 0 Å². The molecule has 1 heterocycles. The minimum atomic E-state index is -0.129. The third-order valence-corrected chi connectivity index (χ3v) is 4.41. The van der Waals surface area contributed by atoms with Crippen molar-refractivity contribution in [3.63, 3.8) is 0 Å². The van der Waals surface area contributed by atoms with Crippen molar-refractivity contribution in [3.05, 3.63) is 57.6 Å². The van der Waals surface area contributed by atoms with Crippen LogP contribution in [0.4, 0.5) is 0 Å². The van der Waals surface area contributed by atoms with E-state index in [0.717, 1.165) is 22.6 Å². The second-order valence-electron chi connectivity index (χ2n) is 5.03. The Bertz CT molecular complexity index is 675. The Morgan fingerprint density at radius 3 is 2.67 bits per heavy atom. The zero-order chi connectivity index (χ0) is 15.0. The zero-order valence-corrected chi connectivity index (χ0v) is 13.0. The summed E-state index contributed by atoms with van der Waals surface area (Å²) in [6, 6.07) is 11.1. The molecule has 3 nitrogen and oxygen atoms in total. The van der Waals surface area contributed by atoms with Crippen LogP contribution in [0.25, 0.3) is 0 Å². The summed E-state index contributed by atoms with van der Waals surface area (Å²) in [6.45, 7) is 0. The van der Waals surface area contributed by atoms with Gasteiger partial charge in [-0.15, -0.1) is 0 Å². The van der Waals surface area contributed by atoms with Gasteiger partial charge < -0.3 is 15.2 Å². The van der Waals surface area contributed by atoms with E-state index < -0.39 is 0 Å². The predicted molar refractivity (Wildman–Crippen MR) is 84.4 cm³/mol. The summed E-state index contributed by atoms with van der Waals surface area (Å²) in [5.41, 5.74) is 8.21. The van der Waals surface area contributed by atoms with E-state index in [4.69, 9.17) is 38.4 Å². The molecule has 1 aliphatic heterocycles. The van der Waals surface area contributed by atoms with Crippen molar-refractivity contribution >= 4 is 23.2 Å². The van der Waals surface area contributed by atoms with E-state index in [2.05, 4.69) is 0 Å². The predicted octanol–water partition coefficient (Wildman–Crippen LogP) is 4.53. The zero-order valence-electron chi connectivity index (χ0n) is 11.5. The molecule has 0 amide bonds. The van der Waals surface area contributed by atoms with Crippen molar-refractivity contribution < 1.29 is 9.47 Å². The van der Waals surface area contributed by atoms with Crippen molar-refractivity contribution in [2.24, 2.45) is 5.73 Å². The molecule has 3 rings (SSSR count). The first-order chi connectivity index (χ1) is 10.1. The molecule has 1 aliphatic rings. The third kappa shape index (κ3) is 2.82. The monoisotopic (exact) mass is 323 g/mol. The Hall–Kier alpha value is -1.42. The van der Waals surface area contributed by atoms with Crippen molar-refractivity contribution in [1.82, 2.24) is 0 Å². The maximum absolute atomic E-state index is 6.27. The summed E-state index contributed by atoms with van der Waals surface area (Å²) in [4.78, 5) is 0. The first kappa shape index (κ1) is 14.5. The molecule has 110 valence electrons. The summed E-state index contributed by atoms with van der Waals surface area (Å²) in [7, 11) is 1.63. The fraction of sp³-hybridized carbons (Fsp3) is 0.250. The number of nitrogens with two attached hydrogens (primary N) is 1. The summed E-state index contributed by atoms with van der Waals surface area (Å²) in [5, 5.41) is 1.05. The van der Waals surface area contributed by atoms with Crippen LogP contribution >= 0.6 is 23.2 Å². The molecule has 0 fully saturated rings. The van der Waals surface area contributed by atoms with Gasteiger partial charge in [-0.05, 0) is 35.9 Å². The molecule has 0 aromatic heterocycles. The van der Waals surface area contributed by atoms with E-state index in [1.807, 2.05) is 30.3 Å². The van der Waals surface area contributed by atoms with Crippen LogP contribution in [0.3, 0.4) is 0 Å². The largest absolute Gasteiger partial charge is 0.497 e. The quantitative estimate of drug-likeness (QED) is 0.883. The highest BCUT2D eigenvalue weighted by atomic mass is 35.5. The van der Waals surface area contributed by atoms with Gasteiger partial charge in [0.05, 0.1) is 17.2 Å². The van der Waals surface area contributed by atoms with Crippen molar-refractivity contribution in [3.8, 4) is 11.5 Å². The topological polar surface area (TPSA) is 44.5 Å². The van der Waals surface area contributed by atoms with Gasteiger partial charge >= 0.3 is 0 Å². The van der Waals surface area contributed by atoms with Crippen LogP contribution in [0.1, 0.15) is 29.7 Å². The summed E-state index contributed by atoms with van der Waals surface area (Å²) >= 11 is 12.0. The average molecular weight is 324 g/mol. The number of methoxy groups -OCH3 is 1. The second-order valence-corrected chi connectivity index (χ2v) is 5.84. The average Bonchev–Trinajstić information content (AvgIpc) is 2.49. The van der Waals surface area contributed by atoms with Crippen LogP contribution in [0, 0.1) is 0 Å². The Labute approximate surface area is 133 Å². The van der Waals surface area contributed by atoms with Gasteiger partial charge in [-0.1, -0.05) is 29.3 Å². The minimum Gasteiger partial charge on any atom is -0.497 e. The molecule has 5 heteroatoms. The maximum atomic E-state index is 6.27. The lowest BCUT2D eigenvalue weighted by atomic mass is 9.93. The van der Waals surface area contributed by atoms with Gasteiger partial charge in [0, 0.05) is 18.0 Å². The second kappa shape index (κ2) is 5.76. The normalized spacial score (nSPS) is 20.6. The summed E-state index contributed by atoms with van der Waals surface area (Å²) in [6.07, 6.45) is 0.550. The van der Waals surface area contributed by atoms with E-state index in [0.29, 0.717) is 16.5 Å². The fourth-order valence-corrected chi connectivity index (χ4v) is 2.83. The van der Waals surface area contributed by atoms with Crippen molar-refractivity contribution in [1.29, 1.82) is 0 Å². The van der Waals surface area contributed by atoms with E-state index in [1.54, 1.807) is 13.2 Å². The SMILES string of the molecule is COc1ccc2c(c1)[C@H](N)CC(c1ccc(Cl)c(Cl)c1)O2. The van der Waals surface area contributed by atoms with Crippen LogP contribution < -0.4 is 15.2 Å². The molecule has 1 unspecified atom stereocenters. The van der Waals surface area contributed by atoms with Gasteiger partial charge in [0.2, 0.25) is 0 Å². The highest BCUT2D eigenvalue weighted by Crippen LogP contribution is 2.41. The smallest absolute Gasteiger partial charge is 0.126 e. The van der Waals surface area contributed by atoms with Crippen LogP contribution in [-0.2, 0) is 0 Å². The lowest BCUT2D eigenvalue weighted by Crippen LogP contribution is -2.24. The molecule has 0 aliphatic carbocycles. The van der Waals surface area contributed by atoms with E-state index in [9.17, 15) is 0 Å². The van der Waals surface area contributed by atoms with Gasteiger partial charge in [0.25, 0.3) is 0 Å². The van der Waals surface area contributed by atoms with Gasteiger partial charge in [-0.3, -0.25) is 0 Å². The lowest BCUT2D eigenvalue weighted by molar-refractivity contribution is 0.161. The summed E-state index contributed by atoms with van der Waals surface area (Å²) < 4.78 is 11.3. The highest BCUT2D eigenvalue weighted by Gasteiger charge is 2.27. The Balaban J connectivity index is 1.92. The van der Waals surface area contributed by atoms with Crippen molar-refractivity contribution in [2.75, 3.05) is 7.11 Å². The van der Waals surface area contributed by atoms with E-state index in [1.165, 1.54) is 0 Å². The lowest BCUT2D eigenvalue weighted by Gasteiger charge is -2.31. The van der Waals surface area contributed by atoms with E-state index in [-0.39, 0.29) is 12.1 Å². The molecule has 2 aromatic rings. The van der Waals surface area contributed by atoms with Gasteiger partial charge in [0.15, 0.2) is 0 Å². The molecular weight excluding hydrogens is 309 g/mol. The standard InChI is InChI=1S/C16H15Cl2NO2/c1-20-10-3-5-15-11(7-10)14(19)8-16(21-15)9-2-4-12(17)13(18)6-9/h2-7,14,16H,8,19H2,1H3/t14-,16?/m1/s1. The maximum Gasteiger partial charge on any atom is 0.126 e. The number of hydrogen-bond donors (Lipinski definition) is 1. The molecule has 0 bridgehead atoms. The Morgan fingerprint density at radius 1 is 1.14 bits per heavy atom. The molecule has 2 atom stereocenters. The number of fused-ring (bicyclic) bond motifs is 1. The molecule has 0 radical (unpaired) electrons. The molecule has 2 N–H and O–H groups in total. The van der Waals surface area contributed by atoms with Crippen LogP contribution in [-0.4, -0.2) is 7.11 Å². The first-order valence-electron chi connectivity index (χ1n) is 6.63. The van der Waals surface area contributed by atoms with E-state index >= 15 is 0 Å². The fourth-order valence-electron chi connectivity index (χ4n) is 2.53. The molecule has 0 saturated carbocycles. The van der Waals surface area contributed by atoms with Gasteiger partial charge in [-0.25, -0.2) is 0 Å². The number of benzene rings is 2. The molecule has 2 aromatic carbocycles. The van der Waals surface area contributed by atoms with Crippen LogP contribution in [0.5, 0.6) is 11.5 Å². The number of ether oxygens (including phenoxy) is 2. The minimum absolute atomic E-state index is 0.108.